The van der Waals surface area contributed by atoms with Gasteiger partial charge in [0.05, 0.1) is 12.5 Å². The summed E-state index contributed by atoms with van der Waals surface area (Å²) >= 11 is 0. The number of hydrogen-bond donors (Lipinski definition) is 0. The van der Waals surface area contributed by atoms with Gasteiger partial charge in [0.2, 0.25) is 6.10 Å². The minimum atomic E-state index is -1.14. The Labute approximate surface area is 175 Å². The first-order chi connectivity index (χ1) is 14.3. The van der Waals surface area contributed by atoms with Crippen LogP contribution in [0.2, 0.25) is 0 Å². The maximum atomic E-state index is 12.4. The lowest BCUT2D eigenvalue weighted by molar-refractivity contribution is -0.251. The van der Waals surface area contributed by atoms with Gasteiger partial charge in [0.25, 0.3) is 0 Å². The first-order valence-corrected chi connectivity index (χ1v) is 10.8. The van der Waals surface area contributed by atoms with Crippen LogP contribution in [0.5, 0.6) is 0 Å². The van der Waals surface area contributed by atoms with Gasteiger partial charge in [0.1, 0.15) is 12.0 Å². The van der Waals surface area contributed by atoms with E-state index in [0.29, 0.717) is 25.2 Å². The van der Waals surface area contributed by atoms with Crippen LogP contribution in [-0.4, -0.2) is 61.0 Å². The molecule has 168 valence electrons. The van der Waals surface area contributed by atoms with E-state index in [4.69, 9.17) is 28.4 Å². The number of esters is 3. The lowest BCUT2D eigenvalue weighted by Crippen LogP contribution is -2.44. The average molecular weight is 426 g/mol. The Hall–Kier alpha value is -1.71. The highest BCUT2D eigenvalue weighted by atomic mass is 16.9. The van der Waals surface area contributed by atoms with Crippen LogP contribution in [-0.2, 0) is 42.8 Å². The van der Waals surface area contributed by atoms with Gasteiger partial charge in [-0.15, -0.1) is 0 Å². The van der Waals surface area contributed by atoms with E-state index in [-0.39, 0.29) is 18.5 Å². The summed E-state index contributed by atoms with van der Waals surface area (Å²) in [6.45, 7) is 7.83. The molecular weight excluding hydrogens is 396 g/mol. The molecule has 9 nitrogen and oxygen atoms in total. The van der Waals surface area contributed by atoms with Crippen LogP contribution in [0.15, 0.2) is 0 Å². The molecule has 8 unspecified atom stereocenters. The minimum absolute atomic E-state index is 0.277. The Bertz CT molecular complexity index is 707. The van der Waals surface area contributed by atoms with E-state index < -0.39 is 54.3 Å². The zero-order chi connectivity index (χ0) is 21.6. The summed E-state index contributed by atoms with van der Waals surface area (Å²) in [4.78, 5) is 37.1. The zero-order valence-electron chi connectivity index (χ0n) is 17.8. The molecule has 0 amide bonds. The van der Waals surface area contributed by atoms with E-state index in [0.717, 1.165) is 6.42 Å². The summed E-state index contributed by atoms with van der Waals surface area (Å²) in [5, 5.41) is 0. The molecule has 3 saturated heterocycles. The summed E-state index contributed by atoms with van der Waals surface area (Å²) in [5.74, 6) is -3.14. The van der Waals surface area contributed by atoms with Gasteiger partial charge in [0, 0.05) is 6.42 Å². The number of ether oxygens (including phenoxy) is 6. The Morgan fingerprint density at radius 2 is 1.93 bits per heavy atom. The first-order valence-electron chi connectivity index (χ1n) is 10.8. The van der Waals surface area contributed by atoms with Crippen LogP contribution in [0.1, 0.15) is 53.4 Å². The van der Waals surface area contributed by atoms with Crippen LogP contribution in [0, 0.1) is 17.8 Å². The first kappa shape index (κ1) is 21.5. The monoisotopic (exact) mass is 426 g/mol. The van der Waals surface area contributed by atoms with Crippen molar-refractivity contribution in [3.8, 4) is 0 Å². The fourth-order valence-corrected chi connectivity index (χ4v) is 4.97. The molecule has 4 fully saturated rings. The highest BCUT2D eigenvalue weighted by Crippen LogP contribution is 2.51. The summed E-state index contributed by atoms with van der Waals surface area (Å²) < 4.78 is 34.2. The van der Waals surface area contributed by atoms with Gasteiger partial charge in [-0.05, 0) is 32.1 Å². The van der Waals surface area contributed by atoms with Crippen LogP contribution in [0.25, 0.3) is 0 Å². The quantitative estimate of drug-likeness (QED) is 0.463. The minimum Gasteiger partial charge on any atom is -0.466 e. The fourth-order valence-electron chi connectivity index (χ4n) is 4.97. The molecule has 3 heterocycles. The van der Waals surface area contributed by atoms with Crippen molar-refractivity contribution >= 4 is 17.9 Å². The molecule has 8 atom stereocenters. The fraction of sp³-hybridized carbons (Fsp3) is 0.857. The van der Waals surface area contributed by atoms with Gasteiger partial charge in [-0.3, -0.25) is 9.59 Å². The number of carbonyl (C=O) groups is 3. The molecule has 1 aliphatic carbocycles. The third kappa shape index (κ3) is 3.61. The Morgan fingerprint density at radius 1 is 1.17 bits per heavy atom. The third-order valence-electron chi connectivity index (χ3n) is 6.23. The van der Waals surface area contributed by atoms with Gasteiger partial charge in [-0.25, -0.2) is 4.79 Å². The maximum absolute atomic E-state index is 12.4. The molecule has 3 aliphatic heterocycles. The largest absolute Gasteiger partial charge is 0.466 e. The summed E-state index contributed by atoms with van der Waals surface area (Å²) in [6.07, 6.45) is -1.61. The Balaban J connectivity index is 1.42. The van der Waals surface area contributed by atoms with E-state index in [1.165, 1.54) is 0 Å². The van der Waals surface area contributed by atoms with Crippen molar-refractivity contribution in [2.45, 2.75) is 89.9 Å². The third-order valence-corrected chi connectivity index (χ3v) is 6.23. The van der Waals surface area contributed by atoms with Crippen LogP contribution in [0.4, 0.5) is 0 Å². The van der Waals surface area contributed by atoms with E-state index >= 15 is 0 Å². The van der Waals surface area contributed by atoms with Gasteiger partial charge in [-0.1, -0.05) is 20.8 Å². The predicted molar refractivity (Wildman–Crippen MR) is 99.7 cm³/mol. The number of fused-ring (bicyclic) bond motifs is 3. The molecule has 0 bridgehead atoms. The van der Waals surface area contributed by atoms with Crippen molar-refractivity contribution in [2.24, 2.45) is 17.8 Å². The van der Waals surface area contributed by atoms with Crippen molar-refractivity contribution in [3.63, 3.8) is 0 Å². The summed E-state index contributed by atoms with van der Waals surface area (Å²) in [7, 11) is 0. The molecule has 0 radical (unpaired) electrons. The molecule has 4 aliphatic rings. The van der Waals surface area contributed by atoms with Gasteiger partial charge in [-0.2, -0.15) is 0 Å². The lowest BCUT2D eigenvalue weighted by atomic mass is 9.99. The van der Waals surface area contributed by atoms with Crippen molar-refractivity contribution in [1.82, 2.24) is 0 Å². The van der Waals surface area contributed by atoms with Crippen molar-refractivity contribution in [3.05, 3.63) is 0 Å². The highest BCUT2D eigenvalue weighted by molar-refractivity contribution is 5.83. The van der Waals surface area contributed by atoms with E-state index in [9.17, 15) is 14.4 Å². The molecule has 0 aromatic rings. The molecule has 1 saturated carbocycles. The van der Waals surface area contributed by atoms with Crippen LogP contribution in [0.3, 0.4) is 0 Å². The summed E-state index contributed by atoms with van der Waals surface area (Å²) in [6, 6.07) is 0. The molecule has 9 heteroatoms. The molecule has 0 aromatic carbocycles. The maximum Gasteiger partial charge on any atom is 0.350 e. The van der Waals surface area contributed by atoms with Gasteiger partial charge >= 0.3 is 17.9 Å². The smallest absolute Gasteiger partial charge is 0.350 e. The molecule has 0 aromatic heterocycles. The van der Waals surface area contributed by atoms with Crippen molar-refractivity contribution in [2.75, 3.05) is 6.61 Å². The number of rotatable bonds is 6. The Morgan fingerprint density at radius 3 is 2.63 bits per heavy atom. The predicted octanol–water partition coefficient (Wildman–Crippen LogP) is 1.71. The van der Waals surface area contributed by atoms with Crippen molar-refractivity contribution < 1.29 is 42.8 Å². The standard InChI is InChI=1S/C21H30O9/c1-5-25-18(23)12-7-6-8-21(12)29-16-14-13(28-20(16)30-21)15(19(24)26-14)27-17(22)11(4)9-10(2)3/h10-16,20H,5-9H2,1-4H3. The molecule has 4 rings (SSSR count). The Kier molecular flexibility index (Phi) is 5.80. The lowest BCUT2D eigenvalue weighted by Gasteiger charge is -2.30. The van der Waals surface area contributed by atoms with E-state index in [2.05, 4.69) is 0 Å². The summed E-state index contributed by atoms with van der Waals surface area (Å²) in [5.41, 5.74) is 0. The normalized spacial score (nSPS) is 40.4. The van der Waals surface area contributed by atoms with E-state index in [1.54, 1.807) is 13.8 Å². The number of hydrogen-bond acceptors (Lipinski definition) is 9. The van der Waals surface area contributed by atoms with Crippen LogP contribution < -0.4 is 0 Å². The van der Waals surface area contributed by atoms with E-state index in [1.807, 2.05) is 13.8 Å². The van der Waals surface area contributed by atoms with Gasteiger partial charge in [0.15, 0.2) is 24.3 Å². The highest BCUT2D eigenvalue weighted by Gasteiger charge is 2.68. The molecule has 0 N–H and O–H groups in total. The average Bonchev–Trinajstić information content (AvgIpc) is 3.39. The second-order valence-electron chi connectivity index (χ2n) is 8.97. The molecular formula is C21H30O9. The van der Waals surface area contributed by atoms with Gasteiger partial charge < -0.3 is 28.4 Å². The second-order valence-corrected chi connectivity index (χ2v) is 8.97. The zero-order valence-corrected chi connectivity index (χ0v) is 17.8. The SMILES string of the molecule is CCOC(=O)C1CCCC12OC1OC3C(OC(=O)C(C)CC(C)C)C(=O)OC3C1O2. The molecule has 1 spiro atoms. The van der Waals surface area contributed by atoms with Crippen molar-refractivity contribution in [1.29, 1.82) is 0 Å². The topological polar surface area (TPSA) is 107 Å². The number of carbonyl (C=O) groups excluding carboxylic acids is 3. The van der Waals surface area contributed by atoms with Crippen LogP contribution >= 0.6 is 0 Å². The molecule has 30 heavy (non-hydrogen) atoms. The second kappa shape index (κ2) is 8.09.